The van der Waals surface area contributed by atoms with Crippen molar-refractivity contribution in [3.05, 3.63) is 24.4 Å². The number of aromatic nitrogens is 1. The average Bonchev–Trinajstić information content (AvgIpc) is 3.04. The van der Waals surface area contributed by atoms with Crippen LogP contribution >= 0.6 is 0 Å². The fourth-order valence-electron chi connectivity index (χ4n) is 2.77. The zero-order valence-electron chi connectivity index (χ0n) is 12.5. The van der Waals surface area contributed by atoms with Crippen molar-refractivity contribution < 1.29 is 9.47 Å². The normalized spacial score (nSPS) is 17.9. The van der Waals surface area contributed by atoms with E-state index < -0.39 is 0 Å². The molecule has 21 heavy (non-hydrogen) atoms. The number of fused-ring (bicyclic) bond motifs is 1. The maximum atomic E-state index is 5.39. The first-order chi connectivity index (χ1) is 10.3. The summed E-state index contributed by atoms with van der Waals surface area (Å²) in [5, 5.41) is 9.00. The summed E-state index contributed by atoms with van der Waals surface area (Å²) in [6.45, 7) is 3.13. The van der Waals surface area contributed by atoms with E-state index in [4.69, 9.17) is 9.47 Å². The Kier molecular flexibility index (Phi) is 4.10. The number of anilines is 1. The number of benzene rings is 1. The lowest BCUT2D eigenvalue weighted by Crippen LogP contribution is -2.17. The summed E-state index contributed by atoms with van der Waals surface area (Å²) in [5.74, 6) is 3.04. The third-order valence-electron chi connectivity index (χ3n) is 3.99. The lowest BCUT2D eigenvalue weighted by atomic mass is 10.1. The van der Waals surface area contributed by atoms with Crippen molar-refractivity contribution in [2.45, 2.75) is 6.42 Å². The molecule has 1 aromatic carbocycles. The molecule has 1 aliphatic rings. The van der Waals surface area contributed by atoms with Gasteiger partial charge in [-0.25, -0.2) is 4.98 Å². The summed E-state index contributed by atoms with van der Waals surface area (Å²) in [7, 11) is 3.30. The Morgan fingerprint density at radius 2 is 2.10 bits per heavy atom. The van der Waals surface area contributed by atoms with E-state index in [-0.39, 0.29) is 0 Å². The number of hydrogen-bond acceptors (Lipinski definition) is 5. The van der Waals surface area contributed by atoms with Crippen LogP contribution in [0.2, 0.25) is 0 Å². The van der Waals surface area contributed by atoms with E-state index in [0.29, 0.717) is 5.92 Å². The molecule has 1 aliphatic heterocycles. The second kappa shape index (κ2) is 6.18. The number of ether oxygens (including phenoxy) is 2. The van der Waals surface area contributed by atoms with Gasteiger partial charge in [0.25, 0.3) is 0 Å². The first-order valence-corrected chi connectivity index (χ1v) is 7.27. The molecule has 0 spiro atoms. The number of rotatable bonds is 5. The standard InChI is InChI=1S/C16H21N3O2/c1-20-14-7-12-4-6-18-16(13(12)8-15(14)21-2)19-10-11-3-5-17-9-11/h4,6-8,11,17H,3,5,9-10H2,1-2H3,(H,18,19). The molecule has 2 aromatic rings. The molecule has 5 heteroatoms. The Morgan fingerprint density at radius 3 is 2.81 bits per heavy atom. The van der Waals surface area contributed by atoms with Gasteiger partial charge in [-0.15, -0.1) is 0 Å². The minimum Gasteiger partial charge on any atom is -0.493 e. The zero-order chi connectivity index (χ0) is 14.7. The third-order valence-corrected chi connectivity index (χ3v) is 3.99. The van der Waals surface area contributed by atoms with E-state index >= 15 is 0 Å². The van der Waals surface area contributed by atoms with Gasteiger partial charge < -0.3 is 20.1 Å². The second-order valence-electron chi connectivity index (χ2n) is 5.33. The number of hydrogen-bond donors (Lipinski definition) is 2. The van der Waals surface area contributed by atoms with Crippen molar-refractivity contribution >= 4 is 16.6 Å². The van der Waals surface area contributed by atoms with Crippen LogP contribution < -0.4 is 20.1 Å². The van der Waals surface area contributed by atoms with Crippen LogP contribution in [0.3, 0.4) is 0 Å². The quantitative estimate of drug-likeness (QED) is 0.883. The second-order valence-corrected chi connectivity index (χ2v) is 5.33. The molecule has 3 rings (SSSR count). The Balaban J connectivity index is 1.90. The Hall–Kier alpha value is -2.01. The van der Waals surface area contributed by atoms with Gasteiger partial charge in [0.15, 0.2) is 11.5 Å². The minimum atomic E-state index is 0.669. The van der Waals surface area contributed by atoms with E-state index in [2.05, 4.69) is 15.6 Å². The average molecular weight is 287 g/mol. The van der Waals surface area contributed by atoms with E-state index in [1.54, 1.807) is 14.2 Å². The van der Waals surface area contributed by atoms with Gasteiger partial charge in [0.05, 0.1) is 14.2 Å². The highest BCUT2D eigenvalue weighted by molar-refractivity contribution is 5.94. The lowest BCUT2D eigenvalue weighted by Gasteiger charge is -2.14. The van der Waals surface area contributed by atoms with E-state index in [0.717, 1.165) is 47.7 Å². The Morgan fingerprint density at radius 1 is 1.29 bits per heavy atom. The molecule has 112 valence electrons. The first kappa shape index (κ1) is 13.9. The molecule has 0 radical (unpaired) electrons. The van der Waals surface area contributed by atoms with Crippen LogP contribution in [0, 0.1) is 5.92 Å². The third kappa shape index (κ3) is 2.88. The Bertz CT molecular complexity index is 624. The molecular weight excluding hydrogens is 266 g/mol. The zero-order valence-corrected chi connectivity index (χ0v) is 12.5. The number of pyridine rings is 1. The molecule has 0 aliphatic carbocycles. The summed E-state index contributed by atoms with van der Waals surface area (Å²) in [5.41, 5.74) is 0. The van der Waals surface area contributed by atoms with E-state index in [1.165, 1.54) is 6.42 Å². The fourth-order valence-corrected chi connectivity index (χ4v) is 2.77. The molecule has 5 nitrogen and oxygen atoms in total. The molecular formula is C16H21N3O2. The molecule has 1 atom stereocenters. The lowest BCUT2D eigenvalue weighted by molar-refractivity contribution is 0.356. The van der Waals surface area contributed by atoms with Crippen molar-refractivity contribution in [1.29, 1.82) is 0 Å². The molecule has 0 saturated carbocycles. The molecule has 2 heterocycles. The maximum absolute atomic E-state index is 5.39. The Labute approximate surface area is 124 Å². The smallest absolute Gasteiger partial charge is 0.161 e. The van der Waals surface area contributed by atoms with Crippen LogP contribution in [0.4, 0.5) is 5.82 Å². The summed E-state index contributed by atoms with van der Waals surface area (Å²) in [6.07, 6.45) is 3.04. The van der Waals surface area contributed by atoms with Crippen LogP contribution in [0.1, 0.15) is 6.42 Å². The molecule has 1 aromatic heterocycles. The van der Waals surface area contributed by atoms with Gasteiger partial charge in [0.2, 0.25) is 0 Å². The monoisotopic (exact) mass is 287 g/mol. The summed E-state index contributed by atoms with van der Waals surface area (Å²) in [4.78, 5) is 4.47. The van der Waals surface area contributed by atoms with Crippen LogP contribution in [-0.2, 0) is 0 Å². The molecule has 0 bridgehead atoms. The SMILES string of the molecule is COc1cc2ccnc(NCC3CCNC3)c2cc1OC. The summed E-state index contributed by atoms with van der Waals surface area (Å²) in [6, 6.07) is 5.95. The van der Waals surface area contributed by atoms with Gasteiger partial charge in [0, 0.05) is 18.1 Å². The highest BCUT2D eigenvalue weighted by Crippen LogP contribution is 2.34. The van der Waals surface area contributed by atoms with Crippen molar-refractivity contribution in [3.8, 4) is 11.5 Å². The number of methoxy groups -OCH3 is 2. The maximum Gasteiger partial charge on any atom is 0.161 e. The molecule has 1 unspecified atom stereocenters. The van der Waals surface area contributed by atoms with Crippen LogP contribution in [0.25, 0.3) is 10.8 Å². The van der Waals surface area contributed by atoms with Crippen molar-refractivity contribution in [2.24, 2.45) is 5.92 Å². The van der Waals surface area contributed by atoms with Gasteiger partial charge in [-0.05, 0) is 49.0 Å². The molecule has 1 fully saturated rings. The van der Waals surface area contributed by atoms with Crippen LogP contribution in [0.15, 0.2) is 24.4 Å². The van der Waals surface area contributed by atoms with Gasteiger partial charge in [-0.3, -0.25) is 0 Å². The topological polar surface area (TPSA) is 55.4 Å². The van der Waals surface area contributed by atoms with Crippen molar-refractivity contribution in [3.63, 3.8) is 0 Å². The molecule has 0 amide bonds. The van der Waals surface area contributed by atoms with Crippen LogP contribution in [0.5, 0.6) is 11.5 Å². The predicted octanol–water partition coefficient (Wildman–Crippen LogP) is 2.27. The number of nitrogens with zero attached hydrogens (tertiary/aromatic N) is 1. The van der Waals surface area contributed by atoms with E-state index in [1.807, 2.05) is 24.4 Å². The molecule has 1 saturated heterocycles. The van der Waals surface area contributed by atoms with Gasteiger partial charge >= 0.3 is 0 Å². The fraction of sp³-hybridized carbons (Fsp3) is 0.438. The van der Waals surface area contributed by atoms with Gasteiger partial charge in [0.1, 0.15) is 5.82 Å². The van der Waals surface area contributed by atoms with E-state index in [9.17, 15) is 0 Å². The summed E-state index contributed by atoms with van der Waals surface area (Å²) < 4.78 is 10.7. The molecule has 2 N–H and O–H groups in total. The largest absolute Gasteiger partial charge is 0.493 e. The first-order valence-electron chi connectivity index (χ1n) is 7.27. The summed E-state index contributed by atoms with van der Waals surface area (Å²) >= 11 is 0. The van der Waals surface area contributed by atoms with Crippen LogP contribution in [-0.4, -0.2) is 38.8 Å². The predicted molar refractivity (Wildman–Crippen MR) is 84.3 cm³/mol. The highest BCUT2D eigenvalue weighted by Gasteiger charge is 2.15. The van der Waals surface area contributed by atoms with Crippen molar-refractivity contribution in [1.82, 2.24) is 10.3 Å². The van der Waals surface area contributed by atoms with Crippen molar-refractivity contribution in [2.75, 3.05) is 39.2 Å². The highest BCUT2D eigenvalue weighted by atomic mass is 16.5. The number of nitrogens with one attached hydrogen (secondary N) is 2. The van der Waals surface area contributed by atoms with Gasteiger partial charge in [-0.1, -0.05) is 0 Å². The van der Waals surface area contributed by atoms with Gasteiger partial charge in [-0.2, -0.15) is 0 Å². The minimum absolute atomic E-state index is 0.669.